The largest absolute Gasteiger partial charge is 0.416 e. The standard InChI is InChI=1S/C20H27F3N2O.ClH/c1-18(13-24)10-11-25(14-18)17(26)19(8-3-2-4-9-19)15-6-5-7-16(12-15)20(21,22)23;/h5-7,12H,2-4,8-11,13-14,24H2,1H3;1H. The van der Waals surface area contributed by atoms with Crippen molar-refractivity contribution in [1.29, 1.82) is 0 Å². The average molecular weight is 405 g/mol. The quantitative estimate of drug-likeness (QED) is 0.804. The van der Waals surface area contributed by atoms with E-state index in [-0.39, 0.29) is 23.7 Å². The van der Waals surface area contributed by atoms with E-state index in [1.54, 1.807) is 6.07 Å². The molecule has 1 heterocycles. The van der Waals surface area contributed by atoms with Crippen molar-refractivity contribution >= 4 is 18.3 Å². The van der Waals surface area contributed by atoms with Crippen molar-refractivity contribution in [3.8, 4) is 0 Å². The molecule has 1 unspecified atom stereocenters. The zero-order valence-corrected chi connectivity index (χ0v) is 16.5. The lowest BCUT2D eigenvalue weighted by atomic mass is 9.68. The molecule has 0 spiro atoms. The number of carbonyl (C=O) groups excluding carboxylic acids is 1. The van der Waals surface area contributed by atoms with Crippen LogP contribution in [-0.4, -0.2) is 30.4 Å². The first-order valence-electron chi connectivity index (χ1n) is 9.37. The number of carbonyl (C=O) groups is 1. The van der Waals surface area contributed by atoms with Gasteiger partial charge in [-0.3, -0.25) is 4.79 Å². The summed E-state index contributed by atoms with van der Waals surface area (Å²) < 4.78 is 39.6. The number of nitrogens with two attached hydrogens (primary N) is 1. The molecule has 0 bridgehead atoms. The van der Waals surface area contributed by atoms with E-state index in [0.717, 1.165) is 31.7 Å². The van der Waals surface area contributed by atoms with E-state index in [4.69, 9.17) is 5.73 Å². The van der Waals surface area contributed by atoms with E-state index < -0.39 is 17.2 Å². The molecule has 1 aromatic rings. The molecule has 0 aromatic heterocycles. The average Bonchev–Trinajstić information content (AvgIpc) is 3.04. The molecule has 0 radical (unpaired) electrons. The fraction of sp³-hybridized carbons (Fsp3) is 0.650. The van der Waals surface area contributed by atoms with Crippen LogP contribution in [0, 0.1) is 5.41 Å². The molecule has 1 saturated heterocycles. The van der Waals surface area contributed by atoms with Gasteiger partial charge in [0.25, 0.3) is 0 Å². The van der Waals surface area contributed by atoms with Gasteiger partial charge in [-0.2, -0.15) is 13.2 Å². The van der Waals surface area contributed by atoms with Gasteiger partial charge in [0, 0.05) is 13.1 Å². The highest BCUT2D eigenvalue weighted by atomic mass is 35.5. The first-order chi connectivity index (χ1) is 12.2. The SMILES string of the molecule is CC1(CN)CCN(C(=O)C2(c3cccc(C(F)(F)F)c3)CCCCC2)C1.Cl. The van der Waals surface area contributed by atoms with Crippen LogP contribution in [-0.2, 0) is 16.4 Å². The van der Waals surface area contributed by atoms with Crippen LogP contribution >= 0.6 is 12.4 Å². The minimum atomic E-state index is -4.40. The van der Waals surface area contributed by atoms with Crippen LogP contribution in [0.15, 0.2) is 24.3 Å². The lowest BCUT2D eigenvalue weighted by Gasteiger charge is -2.40. The van der Waals surface area contributed by atoms with Crippen molar-refractivity contribution in [1.82, 2.24) is 4.90 Å². The lowest BCUT2D eigenvalue weighted by molar-refractivity contribution is -0.140. The zero-order valence-electron chi connectivity index (χ0n) is 15.6. The molecule has 152 valence electrons. The molecule has 1 saturated carbocycles. The predicted octanol–water partition coefficient (Wildman–Crippen LogP) is 4.53. The van der Waals surface area contributed by atoms with Gasteiger partial charge in [-0.15, -0.1) is 12.4 Å². The van der Waals surface area contributed by atoms with Crippen LogP contribution in [0.5, 0.6) is 0 Å². The molecule has 1 atom stereocenters. The van der Waals surface area contributed by atoms with Gasteiger partial charge >= 0.3 is 6.18 Å². The topological polar surface area (TPSA) is 46.3 Å². The Hall–Kier alpha value is -1.27. The smallest absolute Gasteiger partial charge is 0.341 e. The fourth-order valence-corrected chi connectivity index (χ4v) is 4.44. The zero-order chi connectivity index (χ0) is 19.0. The summed E-state index contributed by atoms with van der Waals surface area (Å²) in [6.07, 6.45) is 0.420. The van der Waals surface area contributed by atoms with Crippen molar-refractivity contribution in [2.24, 2.45) is 11.1 Å². The third kappa shape index (κ3) is 4.27. The third-order valence-electron chi connectivity index (χ3n) is 6.20. The Morgan fingerprint density at radius 3 is 2.41 bits per heavy atom. The Kier molecular flexibility index (Phi) is 6.52. The molecule has 3 rings (SSSR count). The summed E-state index contributed by atoms with van der Waals surface area (Å²) in [6.45, 7) is 3.79. The highest BCUT2D eigenvalue weighted by Gasteiger charge is 2.47. The van der Waals surface area contributed by atoms with Gasteiger partial charge in [-0.25, -0.2) is 0 Å². The molecule has 27 heavy (non-hydrogen) atoms. The second kappa shape index (κ2) is 8.00. The molecule has 1 amide bonds. The third-order valence-corrected chi connectivity index (χ3v) is 6.20. The molecule has 1 aliphatic heterocycles. The van der Waals surface area contributed by atoms with Gasteiger partial charge in [0.2, 0.25) is 5.91 Å². The van der Waals surface area contributed by atoms with Gasteiger partial charge < -0.3 is 10.6 Å². The maximum absolute atomic E-state index is 13.5. The Bertz CT molecular complexity index is 673. The molecule has 1 aromatic carbocycles. The number of rotatable bonds is 3. The second-order valence-electron chi connectivity index (χ2n) is 8.21. The summed E-state index contributed by atoms with van der Waals surface area (Å²) in [5.41, 5.74) is 4.76. The Morgan fingerprint density at radius 2 is 1.85 bits per heavy atom. The maximum Gasteiger partial charge on any atom is 0.416 e. The van der Waals surface area contributed by atoms with Crippen LogP contribution in [0.2, 0.25) is 0 Å². The van der Waals surface area contributed by atoms with Crippen LogP contribution < -0.4 is 5.73 Å². The molecule has 1 aliphatic carbocycles. The molecule has 2 N–H and O–H groups in total. The van der Waals surface area contributed by atoms with Crippen LogP contribution in [0.25, 0.3) is 0 Å². The number of hydrogen-bond acceptors (Lipinski definition) is 2. The molecular formula is C20H28ClF3N2O. The highest BCUT2D eigenvalue weighted by molar-refractivity contribution is 5.89. The summed E-state index contributed by atoms with van der Waals surface area (Å²) in [7, 11) is 0. The van der Waals surface area contributed by atoms with Crippen LogP contribution in [0.3, 0.4) is 0 Å². The minimum Gasteiger partial charge on any atom is -0.341 e. The lowest BCUT2D eigenvalue weighted by Crippen LogP contribution is -2.48. The van der Waals surface area contributed by atoms with E-state index in [0.29, 0.717) is 38.0 Å². The van der Waals surface area contributed by atoms with Gasteiger partial charge in [0.1, 0.15) is 0 Å². The molecule has 2 fully saturated rings. The van der Waals surface area contributed by atoms with E-state index in [9.17, 15) is 18.0 Å². The summed E-state index contributed by atoms with van der Waals surface area (Å²) in [5.74, 6) is -0.0197. The number of amides is 1. The van der Waals surface area contributed by atoms with Crippen molar-refractivity contribution in [3.05, 3.63) is 35.4 Å². The summed E-state index contributed by atoms with van der Waals surface area (Å²) >= 11 is 0. The van der Waals surface area contributed by atoms with E-state index in [1.165, 1.54) is 12.1 Å². The fourth-order valence-electron chi connectivity index (χ4n) is 4.44. The molecule has 3 nitrogen and oxygen atoms in total. The summed E-state index contributed by atoms with van der Waals surface area (Å²) in [4.78, 5) is 15.3. The van der Waals surface area contributed by atoms with Crippen molar-refractivity contribution in [2.45, 2.75) is 57.0 Å². The molecule has 7 heteroatoms. The van der Waals surface area contributed by atoms with Crippen molar-refractivity contribution in [3.63, 3.8) is 0 Å². The maximum atomic E-state index is 13.5. The van der Waals surface area contributed by atoms with E-state index >= 15 is 0 Å². The first-order valence-corrected chi connectivity index (χ1v) is 9.37. The number of halogens is 4. The first kappa shape index (κ1) is 22.0. The van der Waals surface area contributed by atoms with E-state index in [1.807, 2.05) is 4.90 Å². The second-order valence-corrected chi connectivity index (χ2v) is 8.21. The number of alkyl halides is 3. The van der Waals surface area contributed by atoms with Gasteiger partial charge in [-0.1, -0.05) is 44.4 Å². The Morgan fingerprint density at radius 1 is 1.19 bits per heavy atom. The normalized spacial score (nSPS) is 25.1. The van der Waals surface area contributed by atoms with E-state index in [2.05, 4.69) is 6.92 Å². The Balaban J connectivity index is 0.00000261. The predicted molar refractivity (Wildman–Crippen MR) is 102 cm³/mol. The highest BCUT2D eigenvalue weighted by Crippen LogP contribution is 2.44. The molecule has 2 aliphatic rings. The van der Waals surface area contributed by atoms with Gasteiger partial charge in [0.15, 0.2) is 0 Å². The minimum absolute atomic E-state index is 0. The van der Waals surface area contributed by atoms with Gasteiger partial charge in [0.05, 0.1) is 11.0 Å². The monoisotopic (exact) mass is 404 g/mol. The van der Waals surface area contributed by atoms with Crippen molar-refractivity contribution < 1.29 is 18.0 Å². The number of nitrogens with zero attached hydrogens (tertiary/aromatic N) is 1. The van der Waals surface area contributed by atoms with Gasteiger partial charge in [-0.05, 0) is 42.9 Å². The van der Waals surface area contributed by atoms with Crippen LogP contribution in [0.4, 0.5) is 13.2 Å². The number of likely N-dealkylation sites (tertiary alicyclic amines) is 1. The summed E-state index contributed by atoms with van der Waals surface area (Å²) in [5, 5.41) is 0. The van der Waals surface area contributed by atoms with Crippen LogP contribution in [0.1, 0.15) is 56.6 Å². The molecular weight excluding hydrogens is 377 g/mol. The Labute approximate surface area is 164 Å². The summed E-state index contributed by atoms with van der Waals surface area (Å²) in [6, 6.07) is 5.37. The number of benzene rings is 1. The number of hydrogen-bond donors (Lipinski definition) is 1. The van der Waals surface area contributed by atoms with Crippen molar-refractivity contribution in [2.75, 3.05) is 19.6 Å².